The largest absolute Gasteiger partial charge is 0.462 e. The summed E-state index contributed by atoms with van der Waals surface area (Å²) in [5, 5.41) is 9.42. The molecule has 1 aliphatic carbocycles. The van der Waals surface area contributed by atoms with Crippen LogP contribution in [0.15, 0.2) is 158 Å². The van der Waals surface area contributed by atoms with Gasteiger partial charge < -0.3 is 44.0 Å². The zero-order valence-corrected chi connectivity index (χ0v) is 43.9. The number of nitrogens with zero attached hydrogens (tertiary/aromatic N) is 1. The molecule has 10 nitrogen and oxygen atoms in total. The minimum Gasteiger partial charge on any atom is -0.462 e. The first-order valence-corrected chi connectivity index (χ1v) is 27.2. The highest BCUT2D eigenvalue weighted by Gasteiger charge is 2.50. The minimum atomic E-state index is -0.898. The van der Waals surface area contributed by atoms with Gasteiger partial charge in [-0.25, -0.2) is 0 Å². The molecule has 394 valence electrons. The molecular weight excluding hydrogens is 946 g/mol. The van der Waals surface area contributed by atoms with E-state index in [-0.39, 0.29) is 24.9 Å². The van der Waals surface area contributed by atoms with Crippen molar-refractivity contribution in [1.29, 1.82) is 0 Å². The highest BCUT2D eigenvalue weighted by atomic mass is 35.5. The SMILES string of the molecule is Cl.O=C(Cc1cccc2cc(OC3O[C@H](COCc4ccccc4)[C@@H](OCc4ccccc4)[C@H](OCc4ccccc4)[C@H]3OCc3ccccc3)ccc12)N1CCC(CNCCCCNCC2CCCCC2)CC1. The maximum absolute atomic E-state index is 13.9. The summed E-state index contributed by atoms with van der Waals surface area (Å²) in [6, 6.07) is 52.8. The molecule has 5 atom stereocenters. The molecule has 1 saturated carbocycles. The molecule has 3 aliphatic rings. The van der Waals surface area contributed by atoms with Crippen LogP contribution < -0.4 is 15.4 Å². The van der Waals surface area contributed by atoms with Crippen molar-refractivity contribution < 1.29 is 33.2 Å². The molecule has 2 aliphatic heterocycles. The summed E-state index contributed by atoms with van der Waals surface area (Å²) in [7, 11) is 0. The molecule has 74 heavy (non-hydrogen) atoms. The lowest BCUT2D eigenvalue weighted by atomic mass is 9.89. The molecule has 6 aromatic rings. The van der Waals surface area contributed by atoms with Gasteiger partial charge in [0.2, 0.25) is 12.2 Å². The van der Waals surface area contributed by atoms with Crippen LogP contribution in [0.5, 0.6) is 5.75 Å². The number of likely N-dealkylation sites (tertiary alicyclic amines) is 1. The summed E-state index contributed by atoms with van der Waals surface area (Å²) < 4.78 is 41.1. The number of fused-ring (bicyclic) bond motifs is 1. The van der Waals surface area contributed by atoms with Crippen molar-refractivity contribution in [3.63, 3.8) is 0 Å². The van der Waals surface area contributed by atoms with Gasteiger partial charge in [-0.05, 0) is 127 Å². The monoisotopic (exact) mass is 1020 g/mol. The minimum absolute atomic E-state index is 0. The van der Waals surface area contributed by atoms with E-state index in [1.54, 1.807) is 0 Å². The molecule has 9 rings (SSSR count). The number of ether oxygens (including phenoxy) is 6. The number of benzene rings is 6. The zero-order valence-electron chi connectivity index (χ0n) is 43.1. The number of nitrogens with one attached hydrogen (secondary N) is 2. The number of carbonyl (C=O) groups excluding carboxylic acids is 1. The number of hydrogen-bond acceptors (Lipinski definition) is 9. The van der Waals surface area contributed by atoms with Crippen molar-refractivity contribution in [1.82, 2.24) is 15.5 Å². The summed E-state index contributed by atoms with van der Waals surface area (Å²) in [5.41, 5.74) is 5.15. The number of carbonyl (C=O) groups is 1. The molecule has 0 spiro atoms. The number of hydrogen-bond donors (Lipinski definition) is 2. The van der Waals surface area contributed by atoms with Gasteiger partial charge in [-0.2, -0.15) is 0 Å². The van der Waals surface area contributed by atoms with E-state index in [9.17, 15) is 4.79 Å². The Balaban J connectivity index is 0.00000729. The van der Waals surface area contributed by atoms with Crippen LogP contribution >= 0.6 is 12.4 Å². The van der Waals surface area contributed by atoms with Gasteiger partial charge in [-0.3, -0.25) is 4.79 Å². The Labute approximate surface area is 446 Å². The molecule has 2 saturated heterocycles. The number of piperidine rings is 1. The lowest BCUT2D eigenvalue weighted by molar-refractivity contribution is -0.310. The molecule has 6 aromatic carbocycles. The quantitative estimate of drug-likeness (QED) is 0.0515. The van der Waals surface area contributed by atoms with E-state index in [0.29, 0.717) is 44.5 Å². The molecule has 1 amide bonds. The highest BCUT2D eigenvalue weighted by Crippen LogP contribution is 2.34. The van der Waals surface area contributed by atoms with Crippen molar-refractivity contribution >= 4 is 29.1 Å². The first kappa shape index (κ1) is 55.1. The Bertz CT molecular complexity index is 2510. The van der Waals surface area contributed by atoms with Crippen molar-refractivity contribution in [2.75, 3.05) is 45.9 Å². The second kappa shape index (κ2) is 29.8. The van der Waals surface area contributed by atoms with Crippen molar-refractivity contribution in [2.24, 2.45) is 11.8 Å². The van der Waals surface area contributed by atoms with E-state index in [1.165, 1.54) is 51.5 Å². The third-order valence-corrected chi connectivity index (χ3v) is 14.9. The normalized spacial score (nSPS) is 20.5. The number of amides is 1. The van der Waals surface area contributed by atoms with Gasteiger partial charge in [0.25, 0.3) is 0 Å². The van der Waals surface area contributed by atoms with Gasteiger partial charge in [0.05, 0.1) is 39.5 Å². The smallest absolute Gasteiger partial charge is 0.229 e. The van der Waals surface area contributed by atoms with Crippen molar-refractivity contribution in [3.8, 4) is 5.75 Å². The van der Waals surface area contributed by atoms with Gasteiger partial charge in [0.1, 0.15) is 30.2 Å². The van der Waals surface area contributed by atoms with Crippen LogP contribution in [0.25, 0.3) is 10.8 Å². The van der Waals surface area contributed by atoms with Crippen molar-refractivity contribution in [2.45, 2.75) is 121 Å². The predicted octanol–water partition coefficient (Wildman–Crippen LogP) is 11.7. The number of halogens is 1. The first-order chi connectivity index (χ1) is 36.1. The second-order valence-corrected chi connectivity index (χ2v) is 20.4. The Hall–Kier alpha value is -5.14. The van der Waals surface area contributed by atoms with Gasteiger partial charge in [-0.1, -0.05) is 165 Å². The van der Waals surface area contributed by atoms with Crippen LogP contribution in [0.2, 0.25) is 0 Å². The van der Waals surface area contributed by atoms with Crippen LogP contribution in [-0.4, -0.2) is 87.4 Å². The molecule has 3 fully saturated rings. The summed E-state index contributed by atoms with van der Waals surface area (Å²) in [6.07, 6.45) is 8.50. The van der Waals surface area contributed by atoms with E-state index in [2.05, 4.69) is 82.3 Å². The van der Waals surface area contributed by atoms with Crippen LogP contribution in [0, 0.1) is 11.8 Å². The Morgan fingerprint density at radius 2 is 1.08 bits per heavy atom. The lowest BCUT2D eigenvalue weighted by Gasteiger charge is -2.45. The second-order valence-electron chi connectivity index (χ2n) is 20.4. The summed E-state index contributed by atoms with van der Waals surface area (Å²) in [4.78, 5) is 15.9. The molecule has 0 aromatic heterocycles. The van der Waals surface area contributed by atoms with Crippen molar-refractivity contribution in [3.05, 3.63) is 186 Å². The first-order valence-electron chi connectivity index (χ1n) is 27.2. The third-order valence-electron chi connectivity index (χ3n) is 14.9. The van der Waals surface area contributed by atoms with Crippen LogP contribution in [0.3, 0.4) is 0 Å². The van der Waals surface area contributed by atoms with Gasteiger partial charge in [-0.15, -0.1) is 12.4 Å². The molecule has 1 unspecified atom stereocenters. The molecule has 2 N–H and O–H groups in total. The third kappa shape index (κ3) is 16.7. The van der Waals surface area contributed by atoms with E-state index in [1.807, 2.05) is 91.0 Å². The predicted molar refractivity (Wildman–Crippen MR) is 296 cm³/mol. The standard InChI is InChI=1S/C63H77N3O7.ClH/c67-59(66-37-33-49(34-38-66)42-65-36-17-16-35-64-41-48-19-6-1-7-20-48)40-55-30-18-29-54-39-56(31-32-57(54)55)72-63-62(71-46-53-27-14-5-15-28-53)61(70-45-52-25-12-4-13-26-52)60(69-44-51-23-10-3-11-24-51)58(73-63)47-68-43-50-21-8-2-9-22-50;/h2-5,8-15,18,21-32,39,48-49,58,60-65H,1,6-7,16-17,19-20,33-38,40-47H2;1H/t58-,60-,61+,62-,63?;/m1./s1. The van der Waals surface area contributed by atoms with Crippen LogP contribution in [0.1, 0.15) is 85.6 Å². The highest BCUT2D eigenvalue weighted by molar-refractivity contribution is 5.91. The maximum atomic E-state index is 13.9. The summed E-state index contributed by atoms with van der Waals surface area (Å²) in [6.45, 7) is 7.64. The molecule has 0 radical (unpaired) electrons. The number of rotatable bonds is 26. The van der Waals surface area contributed by atoms with Crippen LogP contribution in [-0.2, 0) is 61.3 Å². The molecular formula is C63H78ClN3O7. The maximum Gasteiger partial charge on any atom is 0.229 e. The fraction of sp³-hybridized carbons (Fsp3) is 0.444. The fourth-order valence-corrected chi connectivity index (χ4v) is 10.7. The van der Waals surface area contributed by atoms with E-state index in [0.717, 1.165) is 90.1 Å². The number of unbranched alkanes of at least 4 members (excludes halogenated alkanes) is 1. The van der Waals surface area contributed by atoms with Gasteiger partial charge in [0.15, 0.2) is 0 Å². The average molecular weight is 1020 g/mol. The molecule has 11 heteroatoms. The van der Waals surface area contributed by atoms with E-state index in [4.69, 9.17) is 28.4 Å². The average Bonchev–Trinajstić information content (AvgIpc) is 3.44. The Morgan fingerprint density at radius 3 is 1.66 bits per heavy atom. The summed E-state index contributed by atoms with van der Waals surface area (Å²) in [5.74, 6) is 2.30. The topological polar surface area (TPSA) is 99.8 Å². The Morgan fingerprint density at radius 1 is 0.554 bits per heavy atom. The Kier molecular flexibility index (Phi) is 22.2. The van der Waals surface area contributed by atoms with Gasteiger partial charge >= 0.3 is 0 Å². The summed E-state index contributed by atoms with van der Waals surface area (Å²) >= 11 is 0. The molecule has 2 heterocycles. The fourth-order valence-electron chi connectivity index (χ4n) is 10.7. The van der Waals surface area contributed by atoms with E-state index < -0.39 is 30.7 Å². The lowest BCUT2D eigenvalue weighted by Crippen LogP contribution is -2.62. The van der Waals surface area contributed by atoms with Gasteiger partial charge in [0, 0.05) is 13.1 Å². The zero-order chi connectivity index (χ0) is 49.7. The van der Waals surface area contributed by atoms with E-state index >= 15 is 0 Å². The molecule has 0 bridgehead atoms. The van der Waals surface area contributed by atoms with Crippen LogP contribution in [0.4, 0.5) is 0 Å².